The van der Waals surface area contributed by atoms with Gasteiger partial charge in [-0.25, -0.2) is 0 Å². The van der Waals surface area contributed by atoms with E-state index in [0.29, 0.717) is 31.2 Å². The maximum absolute atomic E-state index is 12.4. The normalized spacial score (nSPS) is 19.1. The van der Waals surface area contributed by atoms with Gasteiger partial charge in [0.15, 0.2) is 6.10 Å². The molecule has 3 N–H and O–H groups in total. The third kappa shape index (κ3) is 3.59. The Kier molecular flexibility index (Phi) is 5.42. The van der Waals surface area contributed by atoms with Crippen molar-refractivity contribution in [3.63, 3.8) is 0 Å². The summed E-state index contributed by atoms with van der Waals surface area (Å²) in [6.45, 7) is 7.12. The first-order chi connectivity index (χ1) is 10.4. The molecule has 2 unspecified atom stereocenters. The minimum atomic E-state index is -0.566. The van der Waals surface area contributed by atoms with E-state index < -0.39 is 12.2 Å². The van der Waals surface area contributed by atoms with Gasteiger partial charge in [0.2, 0.25) is 0 Å². The van der Waals surface area contributed by atoms with Gasteiger partial charge in [0, 0.05) is 6.54 Å². The van der Waals surface area contributed by atoms with Crippen LogP contribution >= 0.6 is 0 Å². The number of hydrogen-bond donors (Lipinski definition) is 2. The molecule has 1 aromatic carbocycles. The molecule has 22 heavy (non-hydrogen) atoms. The summed E-state index contributed by atoms with van der Waals surface area (Å²) in [5, 5.41) is 10.2. The molecule has 0 aromatic heterocycles. The summed E-state index contributed by atoms with van der Waals surface area (Å²) in [4.78, 5) is 14.2. The van der Waals surface area contributed by atoms with Crippen molar-refractivity contribution < 1.29 is 14.6 Å². The molecule has 1 heterocycles. The van der Waals surface area contributed by atoms with E-state index in [4.69, 9.17) is 10.5 Å². The van der Waals surface area contributed by atoms with Crippen LogP contribution in [0.5, 0.6) is 5.75 Å². The summed E-state index contributed by atoms with van der Waals surface area (Å²) in [6, 6.07) is 5.56. The Labute approximate surface area is 132 Å². The van der Waals surface area contributed by atoms with Crippen molar-refractivity contribution in [3.8, 4) is 5.75 Å². The Balaban J connectivity index is 2.32. The number of nitrogens with zero attached hydrogens (tertiary/aromatic N) is 1. The first kappa shape index (κ1) is 16.8. The van der Waals surface area contributed by atoms with Crippen molar-refractivity contribution in [3.05, 3.63) is 23.8 Å². The second-order valence-corrected chi connectivity index (χ2v) is 6.28. The van der Waals surface area contributed by atoms with Crippen molar-refractivity contribution in [2.45, 2.75) is 45.8 Å². The number of aliphatic hydroxyl groups is 1. The predicted octanol–water partition coefficient (Wildman–Crippen LogP) is 2.23. The summed E-state index contributed by atoms with van der Waals surface area (Å²) >= 11 is 0. The highest BCUT2D eigenvalue weighted by molar-refractivity contribution is 5.99. The molecular weight excluding hydrogens is 280 g/mol. The topological polar surface area (TPSA) is 75.8 Å². The van der Waals surface area contributed by atoms with Gasteiger partial charge in [-0.15, -0.1) is 0 Å². The molecule has 0 saturated heterocycles. The van der Waals surface area contributed by atoms with Crippen LogP contribution in [-0.4, -0.2) is 30.2 Å². The Morgan fingerprint density at radius 3 is 2.77 bits per heavy atom. The average Bonchev–Trinajstić information content (AvgIpc) is 2.48. The van der Waals surface area contributed by atoms with E-state index in [1.807, 2.05) is 18.2 Å². The van der Waals surface area contributed by atoms with Gasteiger partial charge >= 0.3 is 0 Å². The fourth-order valence-electron chi connectivity index (χ4n) is 2.66. The highest BCUT2D eigenvalue weighted by Gasteiger charge is 2.32. The van der Waals surface area contributed by atoms with Gasteiger partial charge in [0.1, 0.15) is 5.75 Å². The van der Waals surface area contributed by atoms with Crippen LogP contribution in [0.25, 0.3) is 0 Å². The average molecular weight is 306 g/mol. The van der Waals surface area contributed by atoms with Crippen LogP contribution in [0.15, 0.2) is 18.2 Å². The molecule has 5 nitrogen and oxygen atoms in total. The number of carbonyl (C=O) groups is 1. The van der Waals surface area contributed by atoms with E-state index in [9.17, 15) is 9.90 Å². The fourth-order valence-corrected chi connectivity index (χ4v) is 2.66. The standard InChI is InChI=1S/C17H26N2O3/c1-11(2)10-19-14-9-13(15(20)5-4-8-18)6-7-16(14)22-12(3)17(19)21/h6-7,9,11-12,15,20H,4-5,8,10,18H2,1-3H3. The molecule has 122 valence electrons. The fraction of sp³-hybridized carbons (Fsp3) is 0.588. The van der Waals surface area contributed by atoms with Crippen LogP contribution < -0.4 is 15.4 Å². The number of benzene rings is 1. The van der Waals surface area contributed by atoms with Gasteiger partial charge in [-0.3, -0.25) is 4.79 Å². The minimum absolute atomic E-state index is 0.0326. The molecule has 0 radical (unpaired) electrons. The van der Waals surface area contributed by atoms with Crippen LogP contribution in [-0.2, 0) is 4.79 Å². The van der Waals surface area contributed by atoms with Crippen LogP contribution in [0.4, 0.5) is 5.69 Å². The molecule has 1 aliphatic rings. The molecule has 0 fully saturated rings. The predicted molar refractivity (Wildman–Crippen MR) is 87.0 cm³/mol. The second kappa shape index (κ2) is 7.11. The van der Waals surface area contributed by atoms with E-state index in [-0.39, 0.29) is 5.91 Å². The van der Waals surface area contributed by atoms with Gasteiger partial charge in [-0.2, -0.15) is 0 Å². The van der Waals surface area contributed by atoms with E-state index in [1.54, 1.807) is 11.8 Å². The zero-order valence-electron chi connectivity index (χ0n) is 13.6. The highest BCUT2D eigenvalue weighted by atomic mass is 16.5. The molecule has 2 rings (SSSR count). The molecule has 0 bridgehead atoms. The smallest absolute Gasteiger partial charge is 0.267 e. The van der Waals surface area contributed by atoms with Crippen molar-refractivity contribution >= 4 is 11.6 Å². The maximum atomic E-state index is 12.4. The van der Waals surface area contributed by atoms with Gasteiger partial charge in [-0.1, -0.05) is 19.9 Å². The van der Waals surface area contributed by atoms with E-state index in [0.717, 1.165) is 17.7 Å². The Bertz CT molecular complexity index is 531. The molecule has 5 heteroatoms. The van der Waals surface area contributed by atoms with Crippen molar-refractivity contribution in [2.75, 3.05) is 18.0 Å². The number of carbonyl (C=O) groups excluding carboxylic acids is 1. The number of hydrogen-bond acceptors (Lipinski definition) is 4. The molecule has 1 aliphatic heterocycles. The van der Waals surface area contributed by atoms with Crippen LogP contribution in [0.1, 0.15) is 45.3 Å². The SMILES string of the molecule is CC(C)CN1C(=O)C(C)Oc2ccc(C(O)CCCN)cc21. The van der Waals surface area contributed by atoms with Crippen LogP contribution in [0, 0.1) is 5.92 Å². The summed E-state index contributed by atoms with van der Waals surface area (Å²) in [6.07, 6.45) is 0.342. The zero-order valence-corrected chi connectivity index (χ0v) is 13.6. The second-order valence-electron chi connectivity index (χ2n) is 6.28. The monoisotopic (exact) mass is 306 g/mol. The minimum Gasteiger partial charge on any atom is -0.479 e. The van der Waals surface area contributed by atoms with Gasteiger partial charge < -0.3 is 20.5 Å². The molecule has 2 atom stereocenters. The number of amides is 1. The summed E-state index contributed by atoms with van der Waals surface area (Å²) in [5.41, 5.74) is 7.04. The number of anilines is 1. The summed E-state index contributed by atoms with van der Waals surface area (Å²) < 4.78 is 5.68. The third-order valence-electron chi connectivity index (χ3n) is 3.81. The molecule has 1 aromatic rings. The van der Waals surface area contributed by atoms with Gasteiger partial charge in [0.05, 0.1) is 11.8 Å². The Hall–Kier alpha value is -1.59. The van der Waals surface area contributed by atoms with Gasteiger partial charge in [0.25, 0.3) is 5.91 Å². The van der Waals surface area contributed by atoms with E-state index >= 15 is 0 Å². The number of ether oxygens (including phenoxy) is 1. The lowest BCUT2D eigenvalue weighted by Gasteiger charge is -2.34. The van der Waals surface area contributed by atoms with Crippen LogP contribution in [0.3, 0.4) is 0 Å². The lowest BCUT2D eigenvalue weighted by molar-refractivity contribution is -0.125. The first-order valence-corrected chi connectivity index (χ1v) is 7.94. The number of nitrogens with two attached hydrogens (primary N) is 1. The van der Waals surface area contributed by atoms with Crippen molar-refractivity contribution in [1.82, 2.24) is 0 Å². The number of rotatable bonds is 6. The number of aliphatic hydroxyl groups excluding tert-OH is 1. The maximum Gasteiger partial charge on any atom is 0.267 e. The van der Waals surface area contributed by atoms with E-state index in [2.05, 4.69) is 13.8 Å². The van der Waals surface area contributed by atoms with Crippen LogP contribution in [0.2, 0.25) is 0 Å². The summed E-state index contributed by atoms with van der Waals surface area (Å²) in [5.74, 6) is 1.02. The lowest BCUT2D eigenvalue weighted by atomic mass is 10.0. The van der Waals surface area contributed by atoms with Gasteiger partial charge in [-0.05, 0) is 49.9 Å². The number of fused-ring (bicyclic) bond motifs is 1. The largest absolute Gasteiger partial charge is 0.479 e. The molecule has 0 spiro atoms. The highest BCUT2D eigenvalue weighted by Crippen LogP contribution is 2.37. The summed E-state index contributed by atoms with van der Waals surface area (Å²) in [7, 11) is 0. The third-order valence-corrected chi connectivity index (χ3v) is 3.81. The van der Waals surface area contributed by atoms with Crippen molar-refractivity contribution in [1.29, 1.82) is 0 Å². The molecule has 1 amide bonds. The first-order valence-electron chi connectivity index (χ1n) is 7.94. The Morgan fingerprint density at radius 1 is 1.41 bits per heavy atom. The Morgan fingerprint density at radius 2 is 2.14 bits per heavy atom. The zero-order chi connectivity index (χ0) is 16.3. The quantitative estimate of drug-likeness (QED) is 0.845. The van der Waals surface area contributed by atoms with E-state index in [1.165, 1.54) is 0 Å². The van der Waals surface area contributed by atoms with Crippen molar-refractivity contribution in [2.24, 2.45) is 11.7 Å². The molecule has 0 saturated carbocycles. The lowest BCUT2D eigenvalue weighted by Crippen LogP contribution is -2.46. The molecular formula is C17H26N2O3. The molecule has 0 aliphatic carbocycles.